The Morgan fingerprint density at radius 1 is 1.50 bits per heavy atom. The van der Waals surface area contributed by atoms with Gasteiger partial charge in [0, 0.05) is 25.1 Å². The van der Waals surface area contributed by atoms with Crippen LogP contribution in [-0.4, -0.2) is 37.1 Å². The number of hydrogen-bond acceptors (Lipinski definition) is 4. The Bertz CT molecular complexity index is 445. The van der Waals surface area contributed by atoms with E-state index in [1.54, 1.807) is 18.4 Å². The van der Waals surface area contributed by atoms with Crippen molar-refractivity contribution in [3.05, 3.63) is 22.4 Å². The Labute approximate surface area is 125 Å². The van der Waals surface area contributed by atoms with Gasteiger partial charge in [0.25, 0.3) is 0 Å². The molecule has 0 radical (unpaired) electrons. The van der Waals surface area contributed by atoms with Crippen LogP contribution < -0.4 is 5.32 Å². The molecule has 1 aromatic heterocycles. The lowest BCUT2D eigenvalue weighted by Gasteiger charge is -2.33. The van der Waals surface area contributed by atoms with E-state index in [1.165, 1.54) is 4.88 Å². The minimum atomic E-state index is -0.111. The number of carbonyl (C=O) groups is 1. The van der Waals surface area contributed by atoms with E-state index in [-0.39, 0.29) is 23.5 Å². The molecule has 0 spiro atoms. The van der Waals surface area contributed by atoms with Crippen molar-refractivity contribution in [1.29, 1.82) is 0 Å². The molecule has 2 unspecified atom stereocenters. The Balaban J connectivity index is 2.12. The topological polar surface area (TPSA) is 41.6 Å². The summed E-state index contributed by atoms with van der Waals surface area (Å²) in [6.45, 7) is 7.78. The van der Waals surface area contributed by atoms with E-state index in [4.69, 9.17) is 4.74 Å². The molecule has 0 aliphatic carbocycles. The van der Waals surface area contributed by atoms with E-state index in [0.717, 1.165) is 19.6 Å². The zero-order valence-corrected chi connectivity index (χ0v) is 13.5. The van der Waals surface area contributed by atoms with Crippen LogP contribution in [0.15, 0.2) is 17.5 Å². The zero-order valence-electron chi connectivity index (χ0n) is 12.7. The van der Waals surface area contributed by atoms with Crippen LogP contribution in [0.25, 0.3) is 0 Å². The summed E-state index contributed by atoms with van der Waals surface area (Å²) in [5, 5.41) is 5.44. The van der Waals surface area contributed by atoms with Crippen LogP contribution in [0.3, 0.4) is 0 Å². The maximum absolute atomic E-state index is 12.4. The van der Waals surface area contributed by atoms with Gasteiger partial charge in [-0.15, -0.1) is 11.3 Å². The van der Waals surface area contributed by atoms with Crippen molar-refractivity contribution in [3.63, 3.8) is 0 Å². The molecule has 2 rings (SSSR count). The highest BCUT2D eigenvalue weighted by Gasteiger charge is 2.40. The normalized spacial score (nSPS) is 23.6. The molecular formula is C15H24N2O2S. The second-order valence-electron chi connectivity index (χ2n) is 6.18. The number of nitrogens with one attached hydrogen (secondary N) is 1. The van der Waals surface area contributed by atoms with Gasteiger partial charge in [0.2, 0.25) is 5.91 Å². The monoisotopic (exact) mass is 296 g/mol. The quantitative estimate of drug-likeness (QED) is 0.877. The second kappa shape index (κ2) is 6.24. The van der Waals surface area contributed by atoms with Crippen LogP contribution in [0.2, 0.25) is 0 Å². The molecule has 1 aromatic rings. The molecule has 20 heavy (non-hydrogen) atoms. The number of ether oxygens (including phenoxy) is 1. The molecule has 0 saturated carbocycles. The highest BCUT2D eigenvalue weighted by Crippen LogP contribution is 2.32. The minimum Gasteiger partial charge on any atom is -0.385 e. The van der Waals surface area contributed by atoms with Gasteiger partial charge in [-0.05, 0) is 30.2 Å². The van der Waals surface area contributed by atoms with E-state index in [2.05, 4.69) is 30.6 Å². The first-order valence-corrected chi connectivity index (χ1v) is 7.91. The lowest BCUT2D eigenvalue weighted by atomic mass is 9.89. The van der Waals surface area contributed by atoms with Crippen molar-refractivity contribution in [3.8, 4) is 0 Å². The number of methoxy groups -OCH3 is 1. The Kier molecular flexibility index (Phi) is 4.83. The fraction of sp³-hybridized carbons (Fsp3) is 0.667. The van der Waals surface area contributed by atoms with Crippen LogP contribution in [0.4, 0.5) is 0 Å². The number of carbonyl (C=O) groups excluding carboxylic acids is 1. The second-order valence-corrected chi connectivity index (χ2v) is 7.16. The van der Waals surface area contributed by atoms with Gasteiger partial charge in [-0.3, -0.25) is 10.1 Å². The summed E-state index contributed by atoms with van der Waals surface area (Å²) in [5.74, 6) is 0.189. The number of nitrogens with zero attached hydrogens (tertiary/aromatic N) is 1. The third-order valence-corrected chi connectivity index (χ3v) is 4.69. The molecule has 1 aliphatic heterocycles. The molecule has 2 heterocycles. The highest BCUT2D eigenvalue weighted by atomic mass is 32.1. The first-order chi connectivity index (χ1) is 9.44. The number of rotatable bonds is 6. The lowest BCUT2D eigenvalue weighted by molar-refractivity contribution is -0.131. The predicted octanol–water partition coefficient (Wildman–Crippen LogP) is 2.63. The van der Waals surface area contributed by atoms with Crippen molar-refractivity contribution in [2.24, 2.45) is 5.41 Å². The lowest BCUT2D eigenvalue weighted by Crippen LogP contribution is -2.38. The minimum absolute atomic E-state index is 0.0133. The molecule has 1 amide bonds. The molecule has 0 aromatic carbocycles. The first-order valence-electron chi connectivity index (χ1n) is 7.03. The summed E-state index contributed by atoms with van der Waals surface area (Å²) >= 11 is 1.69. The first kappa shape index (κ1) is 15.5. The SMILES string of the molecule is COCCC(C)(C)CN1C(=O)C(C)NC1c1cccs1. The van der Waals surface area contributed by atoms with Crippen molar-refractivity contribution in [2.75, 3.05) is 20.3 Å². The van der Waals surface area contributed by atoms with Crippen LogP contribution >= 0.6 is 11.3 Å². The molecule has 2 atom stereocenters. The summed E-state index contributed by atoms with van der Waals surface area (Å²) in [5.41, 5.74) is 0.0485. The smallest absolute Gasteiger partial charge is 0.241 e. The molecule has 1 N–H and O–H groups in total. The maximum Gasteiger partial charge on any atom is 0.241 e. The fourth-order valence-electron chi connectivity index (χ4n) is 2.54. The average Bonchev–Trinajstić information content (AvgIpc) is 3.00. The van der Waals surface area contributed by atoms with Gasteiger partial charge in [-0.1, -0.05) is 19.9 Å². The Morgan fingerprint density at radius 2 is 2.25 bits per heavy atom. The summed E-state index contributed by atoms with van der Waals surface area (Å²) in [7, 11) is 1.72. The summed E-state index contributed by atoms with van der Waals surface area (Å²) in [4.78, 5) is 15.6. The number of hydrogen-bond donors (Lipinski definition) is 1. The third kappa shape index (κ3) is 3.40. The van der Waals surface area contributed by atoms with E-state index in [9.17, 15) is 4.79 Å². The van der Waals surface area contributed by atoms with Gasteiger partial charge in [-0.25, -0.2) is 0 Å². The largest absolute Gasteiger partial charge is 0.385 e. The molecule has 5 heteroatoms. The third-order valence-electron chi connectivity index (χ3n) is 3.77. The fourth-order valence-corrected chi connectivity index (χ4v) is 3.34. The molecule has 4 nitrogen and oxygen atoms in total. The van der Waals surface area contributed by atoms with Crippen LogP contribution in [-0.2, 0) is 9.53 Å². The van der Waals surface area contributed by atoms with Crippen LogP contribution in [0.1, 0.15) is 38.2 Å². The predicted molar refractivity (Wildman–Crippen MR) is 81.6 cm³/mol. The van der Waals surface area contributed by atoms with Gasteiger partial charge in [-0.2, -0.15) is 0 Å². The average molecular weight is 296 g/mol. The molecule has 1 saturated heterocycles. The summed E-state index contributed by atoms with van der Waals surface area (Å²) < 4.78 is 5.17. The van der Waals surface area contributed by atoms with Crippen molar-refractivity contribution < 1.29 is 9.53 Å². The molecular weight excluding hydrogens is 272 g/mol. The zero-order chi connectivity index (χ0) is 14.8. The maximum atomic E-state index is 12.4. The standard InChI is InChI=1S/C15H24N2O2S/c1-11-14(18)17(10-15(2,3)7-8-19-4)13(16-11)12-6-5-9-20-12/h5-6,9,11,13,16H,7-8,10H2,1-4H3. The van der Waals surface area contributed by atoms with E-state index >= 15 is 0 Å². The van der Waals surface area contributed by atoms with E-state index < -0.39 is 0 Å². The summed E-state index contributed by atoms with van der Waals surface area (Å²) in [6, 6.07) is 4.01. The Morgan fingerprint density at radius 3 is 2.85 bits per heavy atom. The molecule has 112 valence electrons. The van der Waals surface area contributed by atoms with Gasteiger partial charge in [0.05, 0.1) is 6.04 Å². The highest BCUT2D eigenvalue weighted by molar-refractivity contribution is 7.10. The van der Waals surface area contributed by atoms with Gasteiger partial charge < -0.3 is 9.64 Å². The molecule has 1 fully saturated rings. The summed E-state index contributed by atoms with van der Waals surface area (Å²) in [6.07, 6.45) is 0.957. The van der Waals surface area contributed by atoms with Gasteiger partial charge >= 0.3 is 0 Å². The van der Waals surface area contributed by atoms with Crippen LogP contribution in [0.5, 0.6) is 0 Å². The van der Waals surface area contributed by atoms with Crippen LogP contribution in [0, 0.1) is 5.41 Å². The molecule has 1 aliphatic rings. The number of thiophene rings is 1. The van der Waals surface area contributed by atoms with Crippen molar-refractivity contribution in [1.82, 2.24) is 10.2 Å². The number of amides is 1. The molecule has 0 bridgehead atoms. The van der Waals surface area contributed by atoms with E-state index in [0.29, 0.717) is 0 Å². The van der Waals surface area contributed by atoms with Gasteiger partial charge in [0.15, 0.2) is 0 Å². The van der Waals surface area contributed by atoms with Gasteiger partial charge in [0.1, 0.15) is 6.17 Å². The van der Waals surface area contributed by atoms with E-state index in [1.807, 2.05) is 17.9 Å². The Hall–Kier alpha value is -0.910. The van der Waals surface area contributed by atoms with Crippen molar-refractivity contribution in [2.45, 2.75) is 39.4 Å². The van der Waals surface area contributed by atoms with Crippen molar-refractivity contribution >= 4 is 17.2 Å².